The van der Waals surface area contributed by atoms with Crippen molar-refractivity contribution in [2.45, 2.75) is 13.8 Å². The third-order valence-electron chi connectivity index (χ3n) is 3.43. The minimum absolute atomic E-state index is 0.0980. The van der Waals surface area contributed by atoms with Gasteiger partial charge in [0.05, 0.1) is 12.0 Å². The Morgan fingerprint density at radius 2 is 1.68 bits per heavy atom. The molecule has 1 aliphatic rings. The highest BCUT2D eigenvalue weighted by Crippen LogP contribution is 2.21. The molecule has 1 rings (SSSR count). The molecular formula is C13H24ClN3O2. The van der Waals surface area contributed by atoms with Crippen molar-refractivity contribution in [3.05, 3.63) is 0 Å². The lowest BCUT2D eigenvalue weighted by molar-refractivity contribution is -0.141. The van der Waals surface area contributed by atoms with Crippen molar-refractivity contribution in [2.24, 2.45) is 5.41 Å². The van der Waals surface area contributed by atoms with E-state index in [4.69, 9.17) is 11.6 Å². The summed E-state index contributed by atoms with van der Waals surface area (Å²) in [6.45, 7) is 6.97. The van der Waals surface area contributed by atoms with E-state index in [9.17, 15) is 9.59 Å². The average molecular weight is 290 g/mol. The number of nitrogens with zero attached hydrogens (tertiary/aromatic N) is 3. The monoisotopic (exact) mass is 289 g/mol. The maximum Gasteiger partial charge on any atom is 0.236 e. The van der Waals surface area contributed by atoms with Gasteiger partial charge in [-0.3, -0.25) is 14.5 Å². The van der Waals surface area contributed by atoms with E-state index in [1.807, 2.05) is 18.7 Å². The van der Waals surface area contributed by atoms with Crippen molar-refractivity contribution < 1.29 is 9.59 Å². The molecule has 1 saturated heterocycles. The molecule has 0 N–H and O–H groups in total. The Labute approximate surface area is 120 Å². The fourth-order valence-corrected chi connectivity index (χ4v) is 2.04. The summed E-state index contributed by atoms with van der Waals surface area (Å²) in [4.78, 5) is 29.4. The Bertz CT molecular complexity index is 337. The molecule has 0 bridgehead atoms. The van der Waals surface area contributed by atoms with Crippen molar-refractivity contribution in [3.63, 3.8) is 0 Å². The van der Waals surface area contributed by atoms with Gasteiger partial charge in [0.15, 0.2) is 0 Å². The molecule has 0 atom stereocenters. The molecular weight excluding hydrogens is 266 g/mol. The van der Waals surface area contributed by atoms with Crippen molar-refractivity contribution >= 4 is 23.4 Å². The third kappa shape index (κ3) is 4.35. The number of carbonyl (C=O) groups excluding carboxylic acids is 2. The summed E-state index contributed by atoms with van der Waals surface area (Å²) in [5, 5.41) is 0. The zero-order chi connectivity index (χ0) is 14.6. The lowest BCUT2D eigenvalue weighted by Crippen LogP contribution is -2.53. The summed E-state index contributed by atoms with van der Waals surface area (Å²) in [6.07, 6.45) is 0. The van der Waals surface area contributed by atoms with Gasteiger partial charge in [0.1, 0.15) is 0 Å². The minimum Gasteiger partial charge on any atom is -0.348 e. The maximum absolute atomic E-state index is 12.2. The molecule has 19 heavy (non-hydrogen) atoms. The van der Waals surface area contributed by atoms with Gasteiger partial charge in [-0.2, -0.15) is 0 Å². The first-order chi connectivity index (χ1) is 8.77. The Morgan fingerprint density at radius 3 is 2.11 bits per heavy atom. The van der Waals surface area contributed by atoms with E-state index in [0.717, 1.165) is 13.1 Å². The fraction of sp³-hybridized carbons (Fsp3) is 0.846. The highest BCUT2D eigenvalue weighted by Gasteiger charge is 2.33. The van der Waals surface area contributed by atoms with Gasteiger partial charge in [-0.15, -0.1) is 11.6 Å². The Kier molecular flexibility index (Phi) is 5.62. The zero-order valence-electron chi connectivity index (χ0n) is 12.3. The first kappa shape index (κ1) is 16.2. The van der Waals surface area contributed by atoms with Crippen LogP contribution in [0.2, 0.25) is 0 Å². The summed E-state index contributed by atoms with van der Waals surface area (Å²) in [5.41, 5.74) is -0.511. The van der Waals surface area contributed by atoms with Crippen molar-refractivity contribution in [3.8, 4) is 0 Å². The summed E-state index contributed by atoms with van der Waals surface area (Å²) in [7, 11) is 3.51. The number of likely N-dealkylation sites (N-methyl/N-ethyl adjacent to an activating group) is 1. The van der Waals surface area contributed by atoms with Crippen LogP contribution in [0.5, 0.6) is 0 Å². The maximum atomic E-state index is 12.2. The first-order valence-electron chi connectivity index (χ1n) is 6.56. The second-order valence-electron chi connectivity index (χ2n) is 5.87. The van der Waals surface area contributed by atoms with Crippen LogP contribution in [-0.2, 0) is 9.59 Å². The van der Waals surface area contributed by atoms with E-state index in [2.05, 4.69) is 4.90 Å². The highest BCUT2D eigenvalue weighted by atomic mass is 35.5. The van der Waals surface area contributed by atoms with Crippen molar-refractivity contribution in [1.82, 2.24) is 14.7 Å². The average Bonchev–Trinajstić information content (AvgIpc) is 2.38. The SMILES string of the molecule is CN(C)C(=O)CN1CCN(C(=O)C(C)(C)CCl)CC1. The predicted octanol–water partition coefficient (Wildman–Crippen LogP) is 0.484. The molecule has 0 spiro atoms. The van der Waals surface area contributed by atoms with Crippen LogP contribution in [0.15, 0.2) is 0 Å². The smallest absolute Gasteiger partial charge is 0.236 e. The van der Waals surface area contributed by atoms with Crippen LogP contribution in [0.1, 0.15) is 13.8 Å². The summed E-state index contributed by atoms with van der Waals surface area (Å²) in [6, 6.07) is 0. The molecule has 1 heterocycles. The van der Waals surface area contributed by atoms with Gasteiger partial charge in [-0.25, -0.2) is 0 Å². The van der Waals surface area contributed by atoms with Crippen LogP contribution in [-0.4, -0.2) is 79.2 Å². The van der Waals surface area contributed by atoms with Gasteiger partial charge < -0.3 is 9.80 Å². The molecule has 5 nitrogen and oxygen atoms in total. The van der Waals surface area contributed by atoms with E-state index < -0.39 is 5.41 Å². The topological polar surface area (TPSA) is 43.9 Å². The van der Waals surface area contributed by atoms with Gasteiger partial charge in [0.2, 0.25) is 11.8 Å². The van der Waals surface area contributed by atoms with Crippen LogP contribution >= 0.6 is 11.6 Å². The summed E-state index contributed by atoms with van der Waals surface area (Å²) < 4.78 is 0. The lowest BCUT2D eigenvalue weighted by atomic mass is 9.94. The molecule has 2 amide bonds. The Balaban J connectivity index is 2.45. The summed E-state index contributed by atoms with van der Waals surface area (Å²) >= 11 is 5.83. The molecule has 0 aromatic heterocycles. The third-order valence-corrected chi connectivity index (χ3v) is 4.10. The van der Waals surface area contributed by atoms with Crippen molar-refractivity contribution in [2.75, 3.05) is 52.7 Å². The fourth-order valence-electron chi connectivity index (χ4n) is 1.93. The number of rotatable bonds is 4. The number of carbonyl (C=O) groups is 2. The van der Waals surface area contributed by atoms with Crippen LogP contribution in [0.4, 0.5) is 0 Å². The number of piperazine rings is 1. The number of hydrogen-bond donors (Lipinski definition) is 0. The first-order valence-corrected chi connectivity index (χ1v) is 7.09. The Hall–Kier alpha value is -0.810. The number of halogens is 1. The predicted molar refractivity (Wildman–Crippen MR) is 76.2 cm³/mol. The summed E-state index contributed by atoms with van der Waals surface area (Å²) in [5.74, 6) is 0.521. The molecule has 0 saturated carbocycles. The number of hydrogen-bond acceptors (Lipinski definition) is 3. The molecule has 110 valence electrons. The van der Waals surface area contributed by atoms with Gasteiger partial charge in [0.25, 0.3) is 0 Å². The van der Waals surface area contributed by atoms with Gasteiger partial charge in [-0.05, 0) is 13.8 Å². The van der Waals surface area contributed by atoms with Gasteiger partial charge in [-0.1, -0.05) is 0 Å². The van der Waals surface area contributed by atoms with Gasteiger partial charge in [0, 0.05) is 46.2 Å². The second kappa shape index (κ2) is 6.57. The van der Waals surface area contributed by atoms with Crippen LogP contribution < -0.4 is 0 Å². The zero-order valence-corrected chi connectivity index (χ0v) is 13.0. The lowest BCUT2D eigenvalue weighted by Gasteiger charge is -2.38. The van der Waals surface area contributed by atoms with Gasteiger partial charge >= 0.3 is 0 Å². The quantitative estimate of drug-likeness (QED) is 0.707. The van der Waals surface area contributed by atoms with E-state index in [1.54, 1.807) is 19.0 Å². The molecule has 0 aromatic rings. The second-order valence-corrected chi connectivity index (χ2v) is 6.14. The normalized spacial score (nSPS) is 17.4. The Morgan fingerprint density at radius 1 is 1.16 bits per heavy atom. The molecule has 0 radical (unpaired) electrons. The minimum atomic E-state index is -0.511. The molecule has 6 heteroatoms. The van der Waals surface area contributed by atoms with Crippen LogP contribution in [0.3, 0.4) is 0 Å². The molecule has 0 aromatic carbocycles. The van der Waals surface area contributed by atoms with Crippen LogP contribution in [0.25, 0.3) is 0 Å². The van der Waals surface area contributed by atoms with Crippen molar-refractivity contribution in [1.29, 1.82) is 0 Å². The van der Waals surface area contributed by atoms with E-state index in [-0.39, 0.29) is 11.8 Å². The molecule has 1 fully saturated rings. The molecule has 0 unspecified atom stereocenters. The standard InChI is InChI=1S/C13H24ClN3O2/c1-13(2,10-14)12(19)17-7-5-16(6-8-17)9-11(18)15(3)4/h5-10H2,1-4H3. The molecule has 0 aliphatic carbocycles. The molecule has 1 aliphatic heterocycles. The van der Waals surface area contributed by atoms with E-state index in [1.165, 1.54) is 0 Å². The van der Waals surface area contributed by atoms with E-state index in [0.29, 0.717) is 25.5 Å². The highest BCUT2D eigenvalue weighted by molar-refractivity contribution is 6.19. The number of alkyl halides is 1. The number of amides is 2. The largest absolute Gasteiger partial charge is 0.348 e. The van der Waals surface area contributed by atoms with Crippen LogP contribution in [0, 0.1) is 5.41 Å². The van der Waals surface area contributed by atoms with E-state index >= 15 is 0 Å².